The third-order valence-corrected chi connectivity index (χ3v) is 4.15. The summed E-state index contributed by atoms with van der Waals surface area (Å²) in [5.74, 6) is 0. The van der Waals surface area contributed by atoms with Gasteiger partial charge in [-0.2, -0.15) is 0 Å². The molecule has 3 heteroatoms. The first kappa shape index (κ1) is 19.0. The Balaban J connectivity index is 1.87. The highest BCUT2D eigenvalue weighted by atomic mass is 32.1. The zero-order valence-electron chi connectivity index (χ0n) is 14.1. The summed E-state index contributed by atoms with van der Waals surface area (Å²) in [5, 5.41) is 7.31. The molecule has 0 aliphatic carbocycles. The number of thiocarbonyl (C=S) groups is 1. The number of unbranched alkanes of at least 4 members (excludes halogenated alkanes) is 8. The summed E-state index contributed by atoms with van der Waals surface area (Å²) < 4.78 is 0. The second-order valence-electron chi connectivity index (χ2n) is 5.92. The van der Waals surface area contributed by atoms with E-state index in [-0.39, 0.29) is 0 Å². The van der Waals surface area contributed by atoms with Gasteiger partial charge in [-0.1, -0.05) is 88.6 Å². The standard InChI is InChI=1S/C19H32N2S/c1-2-3-4-5-6-7-8-9-13-16-20-19(22)21-17-18-14-11-10-12-15-18/h10-12,14-15H,2-9,13,16-17H2,1H3,(H2,20,21,22). The van der Waals surface area contributed by atoms with Crippen molar-refractivity contribution in [1.82, 2.24) is 10.6 Å². The van der Waals surface area contributed by atoms with Crippen molar-refractivity contribution in [3.05, 3.63) is 35.9 Å². The minimum atomic E-state index is 0.767. The maximum absolute atomic E-state index is 5.29. The van der Waals surface area contributed by atoms with E-state index in [1.54, 1.807) is 0 Å². The van der Waals surface area contributed by atoms with Gasteiger partial charge in [-0.05, 0) is 24.2 Å². The third-order valence-electron chi connectivity index (χ3n) is 3.86. The molecule has 2 N–H and O–H groups in total. The second-order valence-corrected chi connectivity index (χ2v) is 6.33. The molecule has 0 spiro atoms. The molecule has 1 aromatic rings. The van der Waals surface area contributed by atoms with Gasteiger partial charge in [0.05, 0.1) is 0 Å². The number of hydrogen-bond donors (Lipinski definition) is 2. The van der Waals surface area contributed by atoms with E-state index in [4.69, 9.17) is 12.2 Å². The van der Waals surface area contributed by atoms with Crippen molar-refractivity contribution in [1.29, 1.82) is 0 Å². The molecule has 0 saturated heterocycles. The fourth-order valence-corrected chi connectivity index (χ4v) is 2.65. The van der Waals surface area contributed by atoms with Crippen LogP contribution in [0.3, 0.4) is 0 Å². The summed E-state index contributed by atoms with van der Waals surface area (Å²) >= 11 is 5.29. The minimum Gasteiger partial charge on any atom is -0.363 e. The molecule has 22 heavy (non-hydrogen) atoms. The lowest BCUT2D eigenvalue weighted by molar-refractivity contribution is 0.562. The molecule has 0 aromatic heterocycles. The first-order valence-electron chi connectivity index (χ1n) is 8.88. The highest BCUT2D eigenvalue weighted by molar-refractivity contribution is 7.80. The van der Waals surface area contributed by atoms with Gasteiger partial charge in [-0.3, -0.25) is 0 Å². The molecule has 2 nitrogen and oxygen atoms in total. The van der Waals surface area contributed by atoms with E-state index in [2.05, 4.69) is 41.8 Å². The van der Waals surface area contributed by atoms with Gasteiger partial charge >= 0.3 is 0 Å². The van der Waals surface area contributed by atoms with Crippen LogP contribution in [0.1, 0.15) is 70.3 Å². The molecule has 0 amide bonds. The van der Waals surface area contributed by atoms with Gasteiger partial charge in [0.15, 0.2) is 5.11 Å². The molecule has 0 bridgehead atoms. The van der Waals surface area contributed by atoms with E-state index >= 15 is 0 Å². The lowest BCUT2D eigenvalue weighted by atomic mass is 10.1. The number of rotatable bonds is 12. The maximum atomic E-state index is 5.29. The van der Waals surface area contributed by atoms with Crippen LogP contribution in [-0.2, 0) is 6.54 Å². The fraction of sp³-hybridized carbons (Fsp3) is 0.632. The molecule has 0 saturated carbocycles. The minimum absolute atomic E-state index is 0.767. The van der Waals surface area contributed by atoms with Gasteiger partial charge < -0.3 is 10.6 Å². The summed E-state index contributed by atoms with van der Waals surface area (Å²) in [7, 11) is 0. The molecule has 0 atom stereocenters. The quantitative estimate of drug-likeness (QED) is 0.410. The predicted molar refractivity (Wildman–Crippen MR) is 101 cm³/mol. The summed E-state index contributed by atoms with van der Waals surface area (Å²) in [5.41, 5.74) is 1.26. The van der Waals surface area contributed by atoms with Crippen LogP contribution < -0.4 is 10.6 Å². The molecular weight excluding hydrogens is 288 g/mol. The Morgan fingerprint density at radius 3 is 2.05 bits per heavy atom. The first-order valence-corrected chi connectivity index (χ1v) is 9.29. The Kier molecular flexibility index (Phi) is 11.7. The lowest BCUT2D eigenvalue weighted by Crippen LogP contribution is -2.35. The monoisotopic (exact) mass is 320 g/mol. The molecular formula is C19H32N2S. The van der Waals surface area contributed by atoms with E-state index in [0.29, 0.717) is 0 Å². The van der Waals surface area contributed by atoms with Crippen LogP contribution >= 0.6 is 12.2 Å². The summed E-state index contributed by atoms with van der Waals surface area (Å²) in [6, 6.07) is 10.3. The van der Waals surface area contributed by atoms with Crippen molar-refractivity contribution in [2.45, 2.75) is 71.3 Å². The summed E-state index contributed by atoms with van der Waals surface area (Å²) in [6.07, 6.45) is 12.2. The zero-order chi connectivity index (χ0) is 15.9. The van der Waals surface area contributed by atoms with Gasteiger partial charge in [0.25, 0.3) is 0 Å². The molecule has 1 rings (SSSR count). The SMILES string of the molecule is CCCCCCCCCCCNC(=S)NCc1ccccc1. The molecule has 0 radical (unpaired) electrons. The van der Waals surface area contributed by atoms with Crippen molar-refractivity contribution in [2.24, 2.45) is 0 Å². The van der Waals surface area contributed by atoms with Gasteiger partial charge in [-0.15, -0.1) is 0 Å². The smallest absolute Gasteiger partial charge is 0.166 e. The van der Waals surface area contributed by atoms with Crippen molar-refractivity contribution in [2.75, 3.05) is 6.54 Å². The molecule has 124 valence electrons. The Morgan fingerprint density at radius 1 is 0.818 bits per heavy atom. The van der Waals surface area contributed by atoms with Gasteiger partial charge in [0.1, 0.15) is 0 Å². The van der Waals surface area contributed by atoms with Crippen molar-refractivity contribution in [3.8, 4) is 0 Å². The largest absolute Gasteiger partial charge is 0.363 e. The molecule has 0 aliphatic heterocycles. The maximum Gasteiger partial charge on any atom is 0.166 e. The first-order chi connectivity index (χ1) is 10.8. The van der Waals surface area contributed by atoms with Crippen LogP contribution in [0.4, 0.5) is 0 Å². The van der Waals surface area contributed by atoms with Crippen LogP contribution in [0.25, 0.3) is 0 Å². The van der Waals surface area contributed by atoms with E-state index < -0.39 is 0 Å². The highest BCUT2D eigenvalue weighted by Crippen LogP contribution is 2.09. The van der Waals surface area contributed by atoms with Crippen LogP contribution in [0.2, 0.25) is 0 Å². The highest BCUT2D eigenvalue weighted by Gasteiger charge is 1.96. The second kappa shape index (κ2) is 13.6. The average molecular weight is 321 g/mol. The van der Waals surface area contributed by atoms with Crippen molar-refractivity contribution < 1.29 is 0 Å². The zero-order valence-corrected chi connectivity index (χ0v) is 14.9. The number of hydrogen-bond acceptors (Lipinski definition) is 1. The topological polar surface area (TPSA) is 24.1 Å². The molecule has 0 aliphatic rings. The van der Waals surface area contributed by atoms with Gasteiger partial charge in [0.2, 0.25) is 0 Å². The Labute approximate surface area is 142 Å². The van der Waals surface area contributed by atoms with Crippen LogP contribution in [0.15, 0.2) is 30.3 Å². The Morgan fingerprint density at radius 2 is 1.41 bits per heavy atom. The summed E-state index contributed by atoms with van der Waals surface area (Å²) in [6.45, 7) is 4.05. The van der Waals surface area contributed by atoms with Crippen LogP contribution in [0.5, 0.6) is 0 Å². The Bertz CT molecular complexity index is 378. The Hall–Kier alpha value is -1.09. The molecule has 0 fully saturated rings. The molecule has 1 aromatic carbocycles. The van der Waals surface area contributed by atoms with E-state index in [0.717, 1.165) is 18.2 Å². The van der Waals surface area contributed by atoms with E-state index in [1.807, 2.05) is 6.07 Å². The number of nitrogens with one attached hydrogen (secondary N) is 2. The van der Waals surface area contributed by atoms with Gasteiger partial charge in [0, 0.05) is 13.1 Å². The van der Waals surface area contributed by atoms with E-state index in [1.165, 1.54) is 63.4 Å². The van der Waals surface area contributed by atoms with Crippen LogP contribution in [-0.4, -0.2) is 11.7 Å². The third kappa shape index (κ3) is 10.6. The predicted octanol–water partition coefficient (Wildman–Crippen LogP) is 5.18. The number of benzene rings is 1. The summed E-state index contributed by atoms with van der Waals surface area (Å²) in [4.78, 5) is 0. The van der Waals surface area contributed by atoms with Crippen LogP contribution in [0, 0.1) is 0 Å². The molecule has 0 unspecified atom stereocenters. The van der Waals surface area contributed by atoms with Crippen molar-refractivity contribution >= 4 is 17.3 Å². The fourth-order valence-electron chi connectivity index (χ4n) is 2.48. The average Bonchev–Trinajstić information content (AvgIpc) is 2.55. The van der Waals surface area contributed by atoms with Crippen molar-refractivity contribution in [3.63, 3.8) is 0 Å². The lowest BCUT2D eigenvalue weighted by Gasteiger charge is -2.10. The molecule has 0 heterocycles. The van der Waals surface area contributed by atoms with Gasteiger partial charge in [-0.25, -0.2) is 0 Å². The van der Waals surface area contributed by atoms with E-state index in [9.17, 15) is 0 Å². The normalized spacial score (nSPS) is 10.4.